The fourth-order valence-electron chi connectivity index (χ4n) is 3.23. The number of halogens is 1. The predicted molar refractivity (Wildman–Crippen MR) is 82.1 cm³/mol. The first-order chi connectivity index (χ1) is 11.8. The summed E-state index contributed by atoms with van der Waals surface area (Å²) in [6, 6.07) is -0.659. The van der Waals surface area contributed by atoms with E-state index in [9.17, 15) is 19.1 Å². The summed E-state index contributed by atoms with van der Waals surface area (Å²) in [4.78, 5) is 25.6. The van der Waals surface area contributed by atoms with Gasteiger partial charge in [-0.15, -0.1) is 0 Å². The summed E-state index contributed by atoms with van der Waals surface area (Å²) in [5.74, 6) is -0.846. The van der Waals surface area contributed by atoms with Gasteiger partial charge in [-0.25, -0.2) is 9.29 Å². The van der Waals surface area contributed by atoms with Gasteiger partial charge in [0.05, 0.1) is 19.4 Å². The fraction of sp³-hybridized carbons (Fsp3) is 0.857. The van der Waals surface area contributed by atoms with Crippen LogP contribution in [0.5, 0.6) is 0 Å². The Balaban J connectivity index is 1.71. The number of alkyl halides is 1. The first-order valence-corrected chi connectivity index (χ1v) is 8.28. The number of rotatable bonds is 4. The molecule has 3 aliphatic rings. The standard InChI is InChI=1S/C14H24FN5O5/c1-5(2)11(23)18-14-17-10-8(12(24)19-14)16-4-20(10)13-7(15)9(22)6(3-21)25-13/h5-10,13-14,16-17,21-22H,3-4H2,1-2H3,(H,18,23)(H,19,24)/t6-,7-,8?,9-,10?,13-,14?/m1/s1. The highest BCUT2D eigenvalue weighted by atomic mass is 19.1. The van der Waals surface area contributed by atoms with Crippen LogP contribution in [0.4, 0.5) is 4.39 Å². The molecular formula is C14H24FN5O5. The first-order valence-electron chi connectivity index (χ1n) is 8.28. The lowest BCUT2D eigenvalue weighted by Gasteiger charge is -2.39. The third kappa shape index (κ3) is 3.35. The largest absolute Gasteiger partial charge is 0.394 e. The smallest absolute Gasteiger partial charge is 0.242 e. The Labute approximate surface area is 144 Å². The zero-order valence-corrected chi connectivity index (χ0v) is 14.0. The van der Waals surface area contributed by atoms with Gasteiger partial charge >= 0.3 is 0 Å². The van der Waals surface area contributed by atoms with Gasteiger partial charge in [-0.05, 0) is 0 Å². The van der Waals surface area contributed by atoms with Crippen LogP contribution >= 0.6 is 0 Å². The number of hydrogen-bond acceptors (Lipinski definition) is 8. The van der Waals surface area contributed by atoms with Crippen molar-refractivity contribution in [1.82, 2.24) is 26.2 Å². The molecule has 0 saturated carbocycles. The molecule has 142 valence electrons. The van der Waals surface area contributed by atoms with Crippen molar-refractivity contribution in [3.05, 3.63) is 0 Å². The van der Waals surface area contributed by atoms with E-state index in [4.69, 9.17) is 9.84 Å². The topological polar surface area (TPSA) is 135 Å². The summed E-state index contributed by atoms with van der Waals surface area (Å²) < 4.78 is 19.8. The zero-order chi connectivity index (χ0) is 18.3. The van der Waals surface area contributed by atoms with Crippen molar-refractivity contribution >= 4 is 11.8 Å². The van der Waals surface area contributed by atoms with Crippen LogP contribution < -0.4 is 21.3 Å². The maximum absolute atomic E-state index is 14.4. The molecule has 3 aliphatic heterocycles. The van der Waals surface area contributed by atoms with E-state index in [0.29, 0.717) is 0 Å². The minimum atomic E-state index is -1.73. The minimum Gasteiger partial charge on any atom is -0.394 e. The Morgan fingerprint density at radius 1 is 1.52 bits per heavy atom. The van der Waals surface area contributed by atoms with Gasteiger partial charge in [-0.1, -0.05) is 13.8 Å². The number of fused-ring (bicyclic) bond motifs is 1. The van der Waals surface area contributed by atoms with Gasteiger partial charge in [-0.3, -0.25) is 20.2 Å². The number of aliphatic hydroxyl groups excluding tert-OH is 2. The SMILES string of the molecule is CC(C)C(=O)NC1NC(=O)C2NCN([C@@H]3O[C@H](CO)[C@@H](O)[C@H]3F)C2N1. The summed E-state index contributed by atoms with van der Waals surface area (Å²) in [5.41, 5.74) is 0. The molecule has 0 radical (unpaired) electrons. The highest BCUT2D eigenvalue weighted by Crippen LogP contribution is 2.30. The van der Waals surface area contributed by atoms with Gasteiger partial charge in [0.2, 0.25) is 11.8 Å². The van der Waals surface area contributed by atoms with Crippen LogP contribution in [0.2, 0.25) is 0 Å². The van der Waals surface area contributed by atoms with E-state index in [1.54, 1.807) is 13.8 Å². The molecule has 7 atom stereocenters. The molecule has 0 aliphatic carbocycles. The quantitative estimate of drug-likeness (QED) is 0.307. The molecule has 11 heteroatoms. The molecule has 2 amide bonds. The second kappa shape index (κ2) is 7.09. The molecule has 0 aromatic rings. The minimum absolute atomic E-state index is 0.149. The van der Waals surface area contributed by atoms with Crippen molar-refractivity contribution in [1.29, 1.82) is 0 Å². The molecule has 0 bridgehead atoms. The van der Waals surface area contributed by atoms with Crippen molar-refractivity contribution in [3.63, 3.8) is 0 Å². The van der Waals surface area contributed by atoms with Crippen molar-refractivity contribution in [2.24, 2.45) is 5.92 Å². The van der Waals surface area contributed by atoms with Crippen molar-refractivity contribution in [3.8, 4) is 0 Å². The molecule has 0 aromatic heterocycles. The Morgan fingerprint density at radius 3 is 2.84 bits per heavy atom. The monoisotopic (exact) mass is 361 g/mol. The van der Waals surface area contributed by atoms with E-state index >= 15 is 0 Å². The second-order valence-corrected chi connectivity index (χ2v) is 6.75. The second-order valence-electron chi connectivity index (χ2n) is 6.75. The normalized spacial score (nSPS) is 41.7. The summed E-state index contributed by atoms with van der Waals surface area (Å²) in [6.45, 7) is 3.09. The molecule has 3 heterocycles. The number of carbonyl (C=O) groups is 2. The van der Waals surface area contributed by atoms with E-state index in [-0.39, 0.29) is 24.4 Å². The number of nitrogens with one attached hydrogen (secondary N) is 4. The number of aliphatic hydroxyl groups is 2. The number of nitrogens with zero attached hydrogens (tertiary/aromatic N) is 1. The third-order valence-corrected chi connectivity index (χ3v) is 4.68. The Hall–Kier alpha value is -1.37. The van der Waals surface area contributed by atoms with Crippen LogP contribution in [-0.2, 0) is 14.3 Å². The van der Waals surface area contributed by atoms with Crippen molar-refractivity contribution < 1.29 is 28.9 Å². The molecular weight excluding hydrogens is 337 g/mol. The first kappa shape index (κ1) is 18.4. The molecule has 25 heavy (non-hydrogen) atoms. The Morgan fingerprint density at radius 2 is 2.24 bits per heavy atom. The van der Waals surface area contributed by atoms with Crippen LogP contribution in [0.15, 0.2) is 0 Å². The molecule has 0 spiro atoms. The lowest BCUT2D eigenvalue weighted by atomic mass is 10.1. The Kier molecular flexibility index (Phi) is 5.23. The number of carbonyl (C=O) groups excluding carboxylic acids is 2. The maximum atomic E-state index is 14.4. The van der Waals surface area contributed by atoms with E-state index in [0.717, 1.165) is 0 Å². The number of ether oxygens (including phenoxy) is 1. The van der Waals surface area contributed by atoms with Crippen LogP contribution in [0.25, 0.3) is 0 Å². The molecule has 6 N–H and O–H groups in total. The molecule has 3 rings (SSSR count). The van der Waals surface area contributed by atoms with Crippen molar-refractivity contribution in [2.45, 2.75) is 57.0 Å². The highest BCUT2D eigenvalue weighted by Gasteiger charge is 2.53. The summed E-state index contributed by atoms with van der Waals surface area (Å²) in [6.07, 6.45) is -6.75. The van der Waals surface area contributed by atoms with Gasteiger partial charge < -0.3 is 25.6 Å². The lowest BCUT2D eigenvalue weighted by Crippen LogP contribution is -2.72. The van der Waals surface area contributed by atoms with Gasteiger partial charge in [0.25, 0.3) is 0 Å². The van der Waals surface area contributed by atoms with Gasteiger partial charge in [0.15, 0.2) is 12.5 Å². The average Bonchev–Trinajstić information content (AvgIpc) is 3.10. The van der Waals surface area contributed by atoms with Crippen LogP contribution in [-0.4, -0.2) is 83.3 Å². The predicted octanol–water partition coefficient (Wildman–Crippen LogP) is -3.26. The number of hydrogen-bond donors (Lipinski definition) is 6. The van der Waals surface area contributed by atoms with E-state index < -0.39 is 49.7 Å². The zero-order valence-electron chi connectivity index (χ0n) is 14.0. The van der Waals surface area contributed by atoms with Gasteiger partial charge in [0.1, 0.15) is 24.5 Å². The van der Waals surface area contributed by atoms with E-state index in [1.165, 1.54) is 4.90 Å². The highest BCUT2D eigenvalue weighted by molar-refractivity contribution is 5.85. The van der Waals surface area contributed by atoms with Crippen LogP contribution in [0, 0.1) is 5.92 Å². The van der Waals surface area contributed by atoms with Crippen molar-refractivity contribution in [2.75, 3.05) is 13.3 Å². The van der Waals surface area contributed by atoms with E-state index in [2.05, 4.69) is 21.3 Å². The van der Waals surface area contributed by atoms with Crippen LogP contribution in [0.3, 0.4) is 0 Å². The van der Waals surface area contributed by atoms with Gasteiger partial charge in [-0.2, -0.15) is 0 Å². The van der Waals surface area contributed by atoms with Crippen LogP contribution in [0.1, 0.15) is 13.8 Å². The number of amides is 2. The maximum Gasteiger partial charge on any atom is 0.242 e. The average molecular weight is 361 g/mol. The summed E-state index contributed by atoms with van der Waals surface area (Å²) >= 11 is 0. The summed E-state index contributed by atoms with van der Waals surface area (Å²) in [5, 5.41) is 30.2. The van der Waals surface area contributed by atoms with E-state index in [1.807, 2.05) is 0 Å². The summed E-state index contributed by atoms with van der Waals surface area (Å²) in [7, 11) is 0. The Bertz CT molecular complexity index is 538. The molecule has 3 unspecified atom stereocenters. The third-order valence-electron chi connectivity index (χ3n) is 4.68. The van der Waals surface area contributed by atoms with Gasteiger partial charge in [0, 0.05) is 5.92 Å². The molecule has 0 aromatic carbocycles. The lowest BCUT2D eigenvalue weighted by molar-refractivity contribution is -0.134. The fourth-order valence-corrected chi connectivity index (χ4v) is 3.23. The molecule has 3 saturated heterocycles. The molecule has 10 nitrogen and oxygen atoms in total. The molecule has 3 fully saturated rings.